The first-order chi connectivity index (χ1) is 16.8. The second-order valence-electron chi connectivity index (χ2n) is 8.89. The molecule has 0 aliphatic carbocycles. The number of carbonyl (C=O) groups is 1. The van der Waals surface area contributed by atoms with Crippen LogP contribution in [0.3, 0.4) is 0 Å². The predicted molar refractivity (Wildman–Crippen MR) is 134 cm³/mol. The molecule has 1 N–H and O–H groups in total. The number of nitrogens with one attached hydrogen (secondary N) is 1. The number of nitrogens with zero attached hydrogens (tertiary/aromatic N) is 4. The number of amides is 1. The number of fused-ring (bicyclic) bond motifs is 1. The van der Waals surface area contributed by atoms with Crippen molar-refractivity contribution in [1.82, 2.24) is 19.8 Å². The van der Waals surface area contributed by atoms with Crippen LogP contribution in [0, 0.1) is 11.7 Å². The number of methoxy groups -OCH3 is 1. The number of anilines is 2. The molecule has 3 aromatic rings. The fraction of sp³-hybridized carbons (Fsp3) is 0.400. The predicted octanol–water partition coefficient (Wildman–Crippen LogP) is 4.35. The smallest absolute Gasteiger partial charge is 0.236 e. The molecule has 1 atom stereocenters. The van der Waals surface area contributed by atoms with Gasteiger partial charge < -0.3 is 24.6 Å². The second kappa shape index (κ2) is 11.0. The van der Waals surface area contributed by atoms with Crippen LogP contribution in [0.5, 0.6) is 11.5 Å². The van der Waals surface area contributed by atoms with Gasteiger partial charge in [0.2, 0.25) is 5.91 Å². The molecule has 1 amide bonds. The Morgan fingerprint density at radius 2 is 2.09 bits per heavy atom. The number of aromatic nitrogens is 2. The van der Waals surface area contributed by atoms with Gasteiger partial charge in [0.25, 0.3) is 0 Å². The first-order valence-corrected chi connectivity index (χ1v) is 11.8. The SMILES string of the molecule is COc1cc2c(Nc3ccc(Cl)cc3F)ncnc2cc1OCC1CCCN(C(=O)CN(C)C)C1. The molecule has 2 aromatic carbocycles. The molecule has 0 bridgehead atoms. The molecule has 0 saturated carbocycles. The normalized spacial score (nSPS) is 15.9. The minimum Gasteiger partial charge on any atom is -0.493 e. The van der Waals surface area contributed by atoms with Crippen LogP contribution in [-0.4, -0.2) is 73.1 Å². The van der Waals surface area contributed by atoms with Crippen molar-refractivity contribution in [1.29, 1.82) is 0 Å². The molecule has 1 saturated heterocycles. The molecule has 186 valence electrons. The molecule has 0 radical (unpaired) electrons. The summed E-state index contributed by atoms with van der Waals surface area (Å²) in [4.78, 5) is 24.9. The molecule has 1 fully saturated rings. The molecule has 1 unspecified atom stereocenters. The van der Waals surface area contributed by atoms with E-state index in [1.807, 2.05) is 23.9 Å². The second-order valence-corrected chi connectivity index (χ2v) is 9.32. The zero-order chi connectivity index (χ0) is 24.9. The van der Waals surface area contributed by atoms with Crippen molar-refractivity contribution in [2.45, 2.75) is 12.8 Å². The van der Waals surface area contributed by atoms with Crippen molar-refractivity contribution in [2.24, 2.45) is 5.92 Å². The Labute approximate surface area is 209 Å². The largest absolute Gasteiger partial charge is 0.493 e. The monoisotopic (exact) mass is 501 g/mol. The summed E-state index contributed by atoms with van der Waals surface area (Å²) >= 11 is 5.86. The number of hydrogen-bond acceptors (Lipinski definition) is 7. The first kappa shape index (κ1) is 24.9. The Morgan fingerprint density at radius 3 is 2.83 bits per heavy atom. The number of likely N-dealkylation sites (tertiary alicyclic amines) is 1. The van der Waals surface area contributed by atoms with Crippen molar-refractivity contribution >= 4 is 39.9 Å². The van der Waals surface area contributed by atoms with Gasteiger partial charge in [0.1, 0.15) is 18.0 Å². The Balaban J connectivity index is 1.50. The summed E-state index contributed by atoms with van der Waals surface area (Å²) < 4.78 is 26.0. The third-order valence-electron chi connectivity index (χ3n) is 5.90. The van der Waals surface area contributed by atoms with Crippen LogP contribution in [0.25, 0.3) is 10.9 Å². The van der Waals surface area contributed by atoms with Crippen molar-refractivity contribution < 1.29 is 18.7 Å². The van der Waals surface area contributed by atoms with Crippen LogP contribution < -0.4 is 14.8 Å². The number of ether oxygens (including phenoxy) is 2. The topological polar surface area (TPSA) is 79.8 Å². The number of benzene rings is 2. The summed E-state index contributed by atoms with van der Waals surface area (Å²) in [7, 11) is 5.35. The number of rotatable bonds is 8. The maximum atomic E-state index is 14.3. The fourth-order valence-corrected chi connectivity index (χ4v) is 4.32. The molecule has 4 rings (SSSR count). The van der Waals surface area contributed by atoms with Crippen molar-refractivity contribution in [3.63, 3.8) is 0 Å². The van der Waals surface area contributed by atoms with E-state index in [0.717, 1.165) is 19.4 Å². The van der Waals surface area contributed by atoms with E-state index in [1.54, 1.807) is 31.4 Å². The quantitative estimate of drug-likeness (QED) is 0.491. The van der Waals surface area contributed by atoms with E-state index in [2.05, 4.69) is 15.3 Å². The average Bonchev–Trinajstić information content (AvgIpc) is 2.83. The van der Waals surface area contributed by atoms with Gasteiger partial charge in [-0.15, -0.1) is 0 Å². The highest BCUT2D eigenvalue weighted by atomic mass is 35.5. The van der Waals surface area contributed by atoms with Gasteiger partial charge in [0.05, 0.1) is 31.5 Å². The summed E-state index contributed by atoms with van der Waals surface area (Å²) in [5.74, 6) is 1.38. The molecule has 8 nitrogen and oxygen atoms in total. The maximum Gasteiger partial charge on any atom is 0.236 e. The lowest BCUT2D eigenvalue weighted by Gasteiger charge is -2.33. The molecular formula is C25H29ClFN5O3. The van der Waals surface area contributed by atoms with E-state index in [9.17, 15) is 9.18 Å². The number of piperidine rings is 1. The Kier molecular flexibility index (Phi) is 7.87. The average molecular weight is 502 g/mol. The molecular weight excluding hydrogens is 473 g/mol. The van der Waals surface area contributed by atoms with Gasteiger partial charge in [0.15, 0.2) is 11.5 Å². The molecule has 0 spiro atoms. The fourth-order valence-electron chi connectivity index (χ4n) is 4.16. The van der Waals surface area contributed by atoms with Crippen LogP contribution in [0.1, 0.15) is 12.8 Å². The van der Waals surface area contributed by atoms with Gasteiger partial charge in [-0.2, -0.15) is 0 Å². The molecule has 2 heterocycles. The lowest BCUT2D eigenvalue weighted by molar-refractivity contribution is -0.133. The molecule has 10 heteroatoms. The lowest BCUT2D eigenvalue weighted by atomic mass is 9.99. The minimum absolute atomic E-state index is 0.136. The lowest BCUT2D eigenvalue weighted by Crippen LogP contribution is -2.44. The first-order valence-electron chi connectivity index (χ1n) is 11.4. The molecule has 1 aliphatic rings. The van der Waals surface area contributed by atoms with Gasteiger partial charge in [-0.1, -0.05) is 11.6 Å². The van der Waals surface area contributed by atoms with Crippen LogP contribution in [0.4, 0.5) is 15.9 Å². The summed E-state index contributed by atoms with van der Waals surface area (Å²) in [5, 5.41) is 3.97. The third-order valence-corrected chi connectivity index (χ3v) is 6.14. The van der Waals surface area contributed by atoms with Gasteiger partial charge in [-0.05, 0) is 51.2 Å². The van der Waals surface area contributed by atoms with Crippen LogP contribution in [-0.2, 0) is 4.79 Å². The van der Waals surface area contributed by atoms with Gasteiger partial charge in [0, 0.05) is 35.5 Å². The van der Waals surface area contributed by atoms with Crippen molar-refractivity contribution in [3.8, 4) is 11.5 Å². The Morgan fingerprint density at radius 1 is 1.26 bits per heavy atom. The van der Waals surface area contributed by atoms with Crippen molar-refractivity contribution in [3.05, 3.63) is 47.5 Å². The van der Waals surface area contributed by atoms with E-state index in [4.69, 9.17) is 21.1 Å². The Bertz CT molecular complexity index is 1210. The zero-order valence-electron chi connectivity index (χ0n) is 20.1. The zero-order valence-corrected chi connectivity index (χ0v) is 20.8. The summed E-state index contributed by atoms with van der Waals surface area (Å²) in [6.45, 7) is 2.32. The van der Waals surface area contributed by atoms with E-state index in [0.29, 0.717) is 52.9 Å². The number of halogens is 2. The van der Waals surface area contributed by atoms with Crippen molar-refractivity contribution in [2.75, 3.05) is 52.8 Å². The maximum absolute atomic E-state index is 14.3. The molecule has 35 heavy (non-hydrogen) atoms. The van der Waals surface area contributed by atoms with Gasteiger partial charge in [-0.3, -0.25) is 4.79 Å². The highest BCUT2D eigenvalue weighted by Crippen LogP contribution is 2.35. The third kappa shape index (κ3) is 6.10. The highest BCUT2D eigenvalue weighted by Gasteiger charge is 2.25. The molecule has 1 aromatic heterocycles. The highest BCUT2D eigenvalue weighted by molar-refractivity contribution is 6.30. The van der Waals surface area contributed by atoms with Crippen LogP contribution in [0.15, 0.2) is 36.7 Å². The summed E-state index contributed by atoms with van der Waals surface area (Å²) in [6, 6.07) is 7.95. The summed E-state index contributed by atoms with van der Waals surface area (Å²) in [5.41, 5.74) is 0.874. The molecule has 1 aliphatic heterocycles. The Hall–Kier alpha value is -3.17. The van der Waals surface area contributed by atoms with Crippen LogP contribution in [0.2, 0.25) is 5.02 Å². The van der Waals surface area contributed by atoms with Crippen LogP contribution >= 0.6 is 11.6 Å². The van der Waals surface area contributed by atoms with E-state index in [1.165, 1.54) is 12.4 Å². The number of likely N-dealkylation sites (N-methyl/N-ethyl adjacent to an activating group) is 1. The number of carbonyl (C=O) groups excluding carboxylic acids is 1. The van der Waals surface area contributed by atoms with E-state index >= 15 is 0 Å². The standard InChI is InChI=1S/C25H29ClFN5O3/c1-31(2)13-24(33)32-8-4-5-16(12-32)14-35-23-11-21-18(10-22(23)34-3)25(29-15-28-21)30-20-7-6-17(26)9-19(20)27/h6-7,9-11,15-16H,4-5,8,12-14H2,1-3H3,(H,28,29,30). The summed E-state index contributed by atoms with van der Waals surface area (Å²) in [6.07, 6.45) is 3.35. The van der Waals surface area contributed by atoms with E-state index < -0.39 is 5.82 Å². The minimum atomic E-state index is -0.484. The number of hydrogen-bond donors (Lipinski definition) is 1. The van der Waals surface area contributed by atoms with Gasteiger partial charge >= 0.3 is 0 Å². The van der Waals surface area contributed by atoms with E-state index in [-0.39, 0.29) is 17.5 Å². The van der Waals surface area contributed by atoms with Gasteiger partial charge in [-0.25, -0.2) is 14.4 Å².